The van der Waals surface area contributed by atoms with Crippen molar-refractivity contribution >= 4 is 22.6 Å². The molecule has 4 rings (SSSR count). The smallest absolute Gasteiger partial charge is 0.167 e. The van der Waals surface area contributed by atoms with Crippen molar-refractivity contribution in [3.05, 3.63) is 53.6 Å². The van der Waals surface area contributed by atoms with E-state index in [9.17, 15) is 9.18 Å². The topological polar surface area (TPSA) is 17.1 Å². The van der Waals surface area contributed by atoms with E-state index in [1.54, 1.807) is 0 Å². The molecule has 0 aliphatic heterocycles. The van der Waals surface area contributed by atoms with Crippen LogP contribution in [-0.2, 0) is 4.79 Å². The van der Waals surface area contributed by atoms with Crippen LogP contribution >= 0.6 is 0 Å². The molecule has 1 saturated carbocycles. The van der Waals surface area contributed by atoms with E-state index in [0.717, 1.165) is 6.42 Å². The molecule has 20 heavy (non-hydrogen) atoms. The molecular formula is C18H15FO. The second-order valence-electron chi connectivity index (χ2n) is 5.74. The first-order chi connectivity index (χ1) is 9.75. The molecule has 0 aromatic heterocycles. The number of fused-ring (bicyclic) bond motifs is 5. The van der Waals surface area contributed by atoms with E-state index < -0.39 is 6.17 Å². The monoisotopic (exact) mass is 266 g/mol. The third kappa shape index (κ3) is 1.57. The van der Waals surface area contributed by atoms with E-state index in [0.29, 0.717) is 6.42 Å². The molecule has 2 aliphatic rings. The zero-order chi connectivity index (χ0) is 13.7. The molecule has 0 saturated heterocycles. The molecule has 0 radical (unpaired) electrons. The molecule has 0 spiro atoms. The fourth-order valence-electron chi connectivity index (χ4n) is 3.67. The highest BCUT2D eigenvalue weighted by molar-refractivity contribution is 5.93. The van der Waals surface area contributed by atoms with Crippen molar-refractivity contribution in [3.8, 4) is 0 Å². The first-order valence-corrected chi connectivity index (χ1v) is 7.12. The van der Waals surface area contributed by atoms with Crippen LogP contribution in [0.1, 0.15) is 29.9 Å². The van der Waals surface area contributed by atoms with Crippen molar-refractivity contribution in [2.45, 2.75) is 24.9 Å². The van der Waals surface area contributed by atoms with Gasteiger partial charge in [-0.2, -0.15) is 0 Å². The van der Waals surface area contributed by atoms with Crippen LogP contribution in [0.15, 0.2) is 42.5 Å². The van der Waals surface area contributed by atoms with Gasteiger partial charge in [0, 0.05) is 12.3 Å². The Morgan fingerprint density at radius 1 is 1.10 bits per heavy atom. The molecule has 2 heteroatoms. The van der Waals surface area contributed by atoms with Gasteiger partial charge in [-0.15, -0.1) is 0 Å². The maximum Gasteiger partial charge on any atom is 0.167 e. The van der Waals surface area contributed by atoms with Gasteiger partial charge < -0.3 is 0 Å². The molecule has 2 aromatic carbocycles. The van der Waals surface area contributed by atoms with E-state index in [4.69, 9.17) is 0 Å². The summed E-state index contributed by atoms with van der Waals surface area (Å²) in [5.74, 6) is -0.364. The van der Waals surface area contributed by atoms with E-state index in [2.05, 4.69) is 24.3 Å². The first kappa shape index (κ1) is 11.8. The third-order valence-electron chi connectivity index (χ3n) is 4.70. The highest BCUT2D eigenvalue weighted by Crippen LogP contribution is 2.45. The number of halogens is 1. The van der Waals surface area contributed by atoms with Crippen molar-refractivity contribution in [2.24, 2.45) is 5.92 Å². The van der Waals surface area contributed by atoms with Gasteiger partial charge in [-0.05, 0) is 34.2 Å². The number of carbonyl (C=O) groups is 1. The minimum atomic E-state index is -1.33. The van der Waals surface area contributed by atoms with Crippen molar-refractivity contribution in [1.82, 2.24) is 0 Å². The summed E-state index contributed by atoms with van der Waals surface area (Å²) in [6.45, 7) is 0. The molecule has 0 bridgehead atoms. The largest absolute Gasteiger partial charge is 0.296 e. The highest BCUT2D eigenvalue weighted by Gasteiger charge is 2.40. The SMILES string of the molecule is O=C1CCC2c3ccc4ccccc4c3C=CC2C1F. The summed E-state index contributed by atoms with van der Waals surface area (Å²) in [6, 6.07) is 12.5. The minimum absolute atomic E-state index is 0.146. The van der Waals surface area contributed by atoms with Gasteiger partial charge in [0.1, 0.15) is 0 Å². The summed E-state index contributed by atoms with van der Waals surface area (Å²) >= 11 is 0. The van der Waals surface area contributed by atoms with Crippen LogP contribution in [0.5, 0.6) is 0 Å². The Bertz CT molecular complexity index is 731. The van der Waals surface area contributed by atoms with Crippen LogP contribution < -0.4 is 0 Å². The second-order valence-corrected chi connectivity index (χ2v) is 5.74. The summed E-state index contributed by atoms with van der Waals surface area (Å²) in [5.41, 5.74) is 2.40. The van der Waals surface area contributed by atoms with Gasteiger partial charge >= 0.3 is 0 Å². The van der Waals surface area contributed by atoms with Crippen LogP contribution in [0.25, 0.3) is 16.8 Å². The number of hydrogen-bond acceptors (Lipinski definition) is 1. The Kier molecular flexibility index (Phi) is 2.53. The number of ketones is 1. The molecule has 1 fully saturated rings. The van der Waals surface area contributed by atoms with Crippen LogP contribution in [0.2, 0.25) is 0 Å². The number of rotatable bonds is 0. The van der Waals surface area contributed by atoms with Crippen molar-refractivity contribution < 1.29 is 9.18 Å². The number of Topliss-reactive ketones (excluding diaryl/α,β-unsaturated/α-hetero) is 1. The molecule has 0 N–H and O–H groups in total. The van der Waals surface area contributed by atoms with Crippen LogP contribution in [-0.4, -0.2) is 12.0 Å². The van der Waals surface area contributed by atoms with Gasteiger partial charge in [-0.3, -0.25) is 4.79 Å². The van der Waals surface area contributed by atoms with Gasteiger partial charge in [-0.1, -0.05) is 48.6 Å². The molecule has 0 amide bonds. The number of alkyl halides is 1. The minimum Gasteiger partial charge on any atom is -0.296 e. The lowest BCUT2D eigenvalue weighted by molar-refractivity contribution is -0.127. The number of benzene rings is 2. The van der Waals surface area contributed by atoms with Crippen molar-refractivity contribution in [3.63, 3.8) is 0 Å². The molecule has 3 unspecified atom stereocenters. The molecule has 100 valence electrons. The Morgan fingerprint density at radius 2 is 1.95 bits per heavy atom. The number of carbonyl (C=O) groups excluding carboxylic acids is 1. The third-order valence-corrected chi connectivity index (χ3v) is 4.70. The molecule has 1 nitrogen and oxygen atoms in total. The van der Waals surface area contributed by atoms with Crippen LogP contribution in [0.3, 0.4) is 0 Å². The zero-order valence-electron chi connectivity index (χ0n) is 11.1. The summed E-state index contributed by atoms with van der Waals surface area (Å²) in [6.07, 6.45) is 3.71. The molecular weight excluding hydrogens is 251 g/mol. The lowest BCUT2D eigenvalue weighted by atomic mass is 9.69. The van der Waals surface area contributed by atoms with Crippen molar-refractivity contribution in [1.29, 1.82) is 0 Å². The van der Waals surface area contributed by atoms with Crippen LogP contribution in [0.4, 0.5) is 4.39 Å². The highest BCUT2D eigenvalue weighted by atomic mass is 19.1. The maximum absolute atomic E-state index is 14.1. The predicted octanol–water partition coefficient (Wildman–Crippen LogP) is 4.27. The molecule has 2 aliphatic carbocycles. The lowest BCUT2D eigenvalue weighted by Crippen LogP contribution is -2.35. The van der Waals surface area contributed by atoms with Crippen LogP contribution in [0, 0.1) is 5.92 Å². The van der Waals surface area contributed by atoms with E-state index in [1.807, 2.05) is 24.3 Å². The lowest BCUT2D eigenvalue weighted by Gasteiger charge is -2.35. The quantitative estimate of drug-likeness (QED) is 0.696. The Hall–Kier alpha value is -1.96. The summed E-state index contributed by atoms with van der Waals surface area (Å²) < 4.78 is 14.1. The van der Waals surface area contributed by atoms with Gasteiger partial charge in [0.25, 0.3) is 0 Å². The zero-order valence-corrected chi connectivity index (χ0v) is 11.1. The number of hydrogen-bond donors (Lipinski definition) is 0. The Labute approximate surface area is 117 Å². The van der Waals surface area contributed by atoms with E-state index in [1.165, 1.54) is 21.9 Å². The predicted molar refractivity (Wildman–Crippen MR) is 78.4 cm³/mol. The molecule has 2 aromatic rings. The average Bonchev–Trinajstić information content (AvgIpc) is 2.50. The van der Waals surface area contributed by atoms with E-state index in [-0.39, 0.29) is 17.6 Å². The fraction of sp³-hybridized carbons (Fsp3) is 0.278. The normalized spacial score (nSPS) is 28.2. The van der Waals surface area contributed by atoms with E-state index >= 15 is 0 Å². The standard InChI is InChI=1S/C18H15FO/c19-18-16-8-7-13-12-4-2-1-3-11(12)5-6-14(13)15(16)9-10-17(18)20/h1-8,15-16,18H,9-10H2. The second kappa shape index (κ2) is 4.27. The summed E-state index contributed by atoms with van der Waals surface area (Å²) in [7, 11) is 0. The van der Waals surface area contributed by atoms with Gasteiger partial charge in [-0.25, -0.2) is 4.39 Å². The van der Waals surface area contributed by atoms with Crippen molar-refractivity contribution in [2.75, 3.05) is 0 Å². The molecule has 3 atom stereocenters. The van der Waals surface area contributed by atoms with Gasteiger partial charge in [0.05, 0.1) is 0 Å². The Balaban J connectivity index is 1.90. The number of allylic oxidation sites excluding steroid dienone is 1. The first-order valence-electron chi connectivity index (χ1n) is 7.12. The van der Waals surface area contributed by atoms with Gasteiger partial charge in [0.15, 0.2) is 12.0 Å². The van der Waals surface area contributed by atoms with Gasteiger partial charge in [0.2, 0.25) is 0 Å². The fourth-order valence-corrected chi connectivity index (χ4v) is 3.67. The Morgan fingerprint density at radius 3 is 2.85 bits per heavy atom. The summed E-state index contributed by atoms with van der Waals surface area (Å²) in [5, 5.41) is 2.42. The summed E-state index contributed by atoms with van der Waals surface area (Å²) in [4.78, 5) is 11.6. The average molecular weight is 266 g/mol. The maximum atomic E-state index is 14.1. The molecule has 0 heterocycles.